The van der Waals surface area contributed by atoms with E-state index in [-0.39, 0.29) is 17.7 Å². The second-order valence-electron chi connectivity index (χ2n) is 6.93. The SMILES string of the molecule is O=C(O[C@H](C(=O)O)[C@H](OC(=O)c1ccccc1)C(=O)NCc1ccccc1)c1ccccc1. The van der Waals surface area contributed by atoms with Crippen LogP contribution in [0.15, 0.2) is 91.0 Å². The van der Waals surface area contributed by atoms with Gasteiger partial charge >= 0.3 is 17.9 Å². The summed E-state index contributed by atoms with van der Waals surface area (Å²) >= 11 is 0. The lowest BCUT2D eigenvalue weighted by Crippen LogP contribution is -2.50. The summed E-state index contributed by atoms with van der Waals surface area (Å²) in [7, 11) is 0. The van der Waals surface area contributed by atoms with Gasteiger partial charge in [-0.2, -0.15) is 0 Å². The molecule has 0 saturated carbocycles. The highest BCUT2D eigenvalue weighted by atomic mass is 16.6. The summed E-state index contributed by atoms with van der Waals surface area (Å²) in [5, 5.41) is 12.2. The maximum absolute atomic E-state index is 12.9. The van der Waals surface area contributed by atoms with Crippen LogP contribution in [0, 0.1) is 0 Å². The van der Waals surface area contributed by atoms with Crippen LogP contribution >= 0.6 is 0 Å². The minimum absolute atomic E-state index is 0.0536. The first kappa shape index (κ1) is 23.2. The van der Waals surface area contributed by atoms with Crippen molar-refractivity contribution in [3.05, 3.63) is 108 Å². The number of aliphatic carboxylic acids is 1. The number of benzene rings is 3. The zero-order valence-electron chi connectivity index (χ0n) is 17.4. The Labute approximate surface area is 189 Å². The fourth-order valence-corrected chi connectivity index (χ4v) is 2.90. The summed E-state index contributed by atoms with van der Waals surface area (Å²) in [6.07, 6.45) is -3.99. The Morgan fingerprint density at radius 1 is 0.667 bits per heavy atom. The molecule has 0 spiro atoms. The Bertz CT molecular complexity index is 1100. The maximum Gasteiger partial charge on any atom is 0.349 e. The topological polar surface area (TPSA) is 119 Å². The highest BCUT2D eigenvalue weighted by Gasteiger charge is 2.40. The van der Waals surface area contributed by atoms with Crippen LogP contribution in [0.4, 0.5) is 0 Å². The summed E-state index contributed by atoms with van der Waals surface area (Å²) in [5.41, 5.74) is 0.936. The molecule has 0 unspecified atom stereocenters. The van der Waals surface area contributed by atoms with Crippen LogP contribution in [0.3, 0.4) is 0 Å². The number of nitrogens with one attached hydrogen (secondary N) is 1. The summed E-state index contributed by atoms with van der Waals surface area (Å²) in [5.74, 6) is -4.46. The molecule has 3 aromatic rings. The largest absolute Gasteiger partial charge is 0.478 e. The third-order valence-corrected chi connectivity index (χ3v) is 4.57. The summed E-state index contributed by atoms with van der Waals surface area (Å²) < 4.78 is 10.3. The van der Waals surface area contributed by atoms with Crippen LogP contribution in [-0.4, -0.2) is 41.1 Å². The lowest BCUT2D eigenvalue weighted by atomic mass is 10.1. The van der Waals surface area contributed by atoms with Gasteiger partial charge in [0.15, 0.2) is 0 Å². The van der Waals surface area contributed by atoms with Crippen molar-refractivity contribution in [2.75, 3.05) is 0 Å². The zero-order chi connectivity index (χ0) is 23.6. The molecule has 0 aliphatic carbocycles. The molecule has 168 valence electrons. The van der Waals surface area contributed by atoms with E-state index in [0.29, 0.717) is 0 Å². The summed E-state index contributed by atoms with van der Waals surface area (Å²) in [4.78, 5) is 49.9. The Hall–Kier alpha value is -4.46. The second-order valence-corrected chi connectivity index (χ2v) is 6.93. The molecule has 0 fully saturated rings. The van der Waals surface area contributed by atoms with Crippen LogP contribution in [0.25, 0.3) is 0 Å². The zero-order valence-corrected chi connectivity index (χ0v) is 17.4. The van der Waals surface area contributed by atoms with Gasteiger partial charge in [0.25, 0.3) is 5.91 Å². The van der Waals surface area contributed by atoms with Gasteiger partial charge < -0.3 is 19.9 Å². The Morgan fingerprint density at radius 3 is 1.55 bits per heavy atom. The number of carboxylic acid groups (broad SMARTS) is 1. The van der Waals surface area contributed by atoms with Crippen molar-refractivity contribution in [1.29, 1.82) is 0 Å². The smallest absolute Gasteiger partial charge is 0.349 e. The van der Waals surface area contributed by atoms with Gasteiger partial charge in [-0.05, 0) is 29.8 Å². The number of hydrogen-bond acceptors (Lipinski definition) is 6. The molecule has 2 N–H and O–H groups in total. The van der Waals surface area contributed by atoms with Gasteiger partial charge in [0.05, 0.1) is 11.1 Å². The van der Waals surface area contributed by atoms with Crippen molar-refractivity contribution in [3.8, 4) is 0 Å². The van der Waals surface area contributed by atoms with E-state index in [1.54, 1.807) is 66.7 Å². The number of carboxylic acids is 1. The van der Waals surface area contributed by atoms with Crippen molar-refractivity contribution < 1.29 is 33.8 Å². The van der Waals surface area contributed by atoms with E-state index >= 15 is 0 Å². The molecule has 3 aromatic carbocycles. The van der Waals surface area contributed by atoms with Gasteiger partial charge in [-0.15, -0.1) is 0 Å². The van der Waals surface area contributed by atoms with Gasteiger partial charge in [0.1, 0.15) is 0 Å². The van der Waals surface area contributed by atoms with E-state index in [0.717, 1.165) is 5.56 Å². The number of hydrogen-bond donors (Lipinski definition) is 2. The molecule has 8 nitrogen and oxygen atoms in total. The number of amides is 1. The van der Waals surface area contributed by atoms with Gasteiger partial charge in [-0.25, -0.2) is 14.4 Å². The Balaban J connectivity index is 1.83. The molecule has 0 aliphatic rings. The molecule has 0 aromatic heterocycles. The Morgan fingerprint density at radius 2 is 1.09 bits per heavy atom. The third kappa shape index (κ3) is 6.51. The number of carbonyl (C=O) groups is 4. The van der Waals surface area contributed by atoms with Crippen molar-refractivity contribution in [2.45, 2.75) is 18.8 Å². The van der Waals surface area contributed by atoms with Crippen LogP contribution in [-0.2, 0) is 25.6 Å². The summed E-state index contributed by atoms with van der Waals surface area (Å²) in [6.45, 7) is 0.0536. The number of carbonyl (C=O) groups excluding carboxylic acids is 3. The first-order valence-corrected chi connectivity index (χ1v) is 10.0. The average molecular weight is 447 g/mol. The van der Waals surface area contributed by atoms with Crippen LogP contribution < -0.4 is 5.32 Å². The normalized spacial score (nSPS) is 12.1. The lowest BCUT2D eigenvalue weighted by molar-refractivity contribution is -0.159. The van der Waals surface area contributed by atoms with Crippen molar-refractivity contribution in [1.82, 2.24) is 5.32 Å². The monoisotopic (exact) mass is 447 g/mol. The highest BCUT2D eigenvalue weighted by Crippen LogP contribution is 2.14. The van der Waals surface area contributed by atoms with Gasteiger partial charge in [0, 0.05) is 6.54 Å². The molecule has 0 heterocycles. The van der Waals surface area contributed by atoms with E-state index in [1.165, 1.54) is 24.3 Å². The third-order valence-electron chi connectivity index (χ3n) is 4.57. The predicted octanol–water partition coefficient (Wildman–Crippen LogP) is 2.84. The molecule has 33 heavy (non-hydrogen) atoms. The van der Waals surface area contributed by atoms with Gasteiger partial charge in [-0.3, -0.25) is 4.79 Å². The second kappa shape index (κ2) is 11.2. The van der Waals surface area contributed by atoms with E-state index in [2.05, 4.69) is 5.32 Å². The quantitative estimate of drug-likeness (QED) is 0.484. The van der Waals surface area contributed by atoms with Gasteiger partial charge in [-0.1, -0.05) is 66.7 Å². The van der Waals surface area contributed by atoms with Crippen LogP contribution in [0.1, 0.15) is 26.3 Å². The standard InChI is InChI=1S/C25H21NO7/c27-22(26-16-17-10-4-1-5-11-17)20(32-24(30)18-12-6-2-7-13-18)21(23(28)29)33-25(31)19-14-8-3-9-15-19/h1-15,20-21H,16H2,(H,26,27)(H,28,29)/t20-,21-/m0/s1. The molecule has 2 atom stereocenters. The number of ether oxygens (including phenoxy) is 2. The van der Waals surface area contributed by atoms with Crippen molar-refractivity contribution >= 4 is 23.8 Å². The molecule has 3 rings (SSSR count). The minimum Gasteiger partial charge on any atom is -0.478 e. The van der Waals surface area contributed by atoms with E-state index in [1.807, 2.05) is 0 Å². The first-order valence-electron chi connectivity index (χ1n) is 10.0. The molecular formula is C25H21NO7. The first-order chi connectivity index (χ1) is 16.0. The predicted molar refractivity (Wildman–Crippen MR) is 117 cm³/mol. The molecular weight excluding hydrogens is 426 g/mol. The molecule has 0 saturated heterocycles. The molecule has 0 radical (unpaired) electrons. The molecule has 1 amide bonds. The van der Waals surface area contributed by atoms with Crippen molar-refractivity contribution in [2.24, 2.45) is 0 Å². The number of esters is 2. The fraction of sp³-hybridized carbons (Fsp3) is 0.120. The number of rotatable bonds is 9. The van der Waals surface area contributed by atoms with Gasteiger partial charge in [0.2, 0.25) is 12.2 Å². The highest BCUT2D eigenvalue weighted by molar-refractivity contribution is 5.96. The lowest BCUT2D eigenvalue weighted by Gasteiger charge is -2.23. The van der Waals surface area contributed by atoms with Crippen LogP contribution in [0.2, 0.25) is 0 Å². The summed E-state index contributed by atoms with van der Waals surface area (Å²) in [6, 6.07) is 24.3. The van der Waals surface area contributed by atoms with E-state index in [4.69, 9.17) is 9.47 Å². The maximum atomic E-state index is 12.9. The molecule has 8 heteroatoms. The van der Waals surface area contributed by atoms with Crippen LogP contribution in [0.5, 0.6) is 0 Å². The molecule has 0 aliphatic heterocycles. The fourth-order valence-electron chi connectivity index (χ4n) is 2.90. The van der Waals surface area contributed by atoms with E-state index < -0.39 is 36.0 Å². The minimum atomic E-state index is -2.07. The average Bonchev–Trinajstić information content (AvgIpc) is 2.86. The Kier molecular flexibility index (Phi) is 7.91. The van der Waals surface area contributed by atoms with Crippen molar-refractivity contribution in [3.63, 3.8) is 0 Å². The van der Waals surface area contributed by atoms with E-state index in [9.17, 15) is 24.3 Å². The molecule has 0 bridgehead atoms.